The highest BCUT2D eigenvalue weighted by Crippen LogP contribution is 2.27. The molecule has 0 spiro atoms. The first-order chi connectivity index (χ1) is 12.1. The Morgan fingerprint density at radius 2 is 2.24 bits per heavy atom. The molecule has 1 atom stereocenters. The van der Waals surface area contributed by atoms with Crippen LogP contribution in [0, 0.1) is 5.92 Å². The van der Waals surface area contributed by atoms with Gasteiger partial charge in [-0.3, -0.25) is 9.20 Å². The number of hydrogen-bond donors (Lipinski definition) is 1. The lowest BCUT2D eigenvalue weighted by Gasteiger charge is -2.23. The molecule has 0 bridgehead atoms. The first-order valence-corrected chi connectivity index (χ1v) is 8.80. The summed E-state index contributed by atoms with van der Waals surface area (Å²) >= 11 is 0. The number of rotatable bonds is 4. The van der Waals surface area contributed by atoms with E-state index in [2.05, 4.69) is 21.3 Å². The van der Waals surface area contributed by atoms with Crippen LogP contribution in [0.5, 0.6) is 0 Å². The third-order valence-corrected chi connectivity index (χ3v) is 4.88. The van der Waals surface area contributed by atoms with Crippen molar-refractivity contribution in [3.8, 4) is 0 Å². The zero-order valence-electron chi connectivity index (χ0n) is 14.7. The number of nitrogens with zero attached hydrogens (tertiary/aromatic N) is 4. The molecular formula is C19H23N5O. The molecule has 6 heteroatoms. The van der Waals surface area contributed by atoms with Crippen LogP contribution in [0.2, 0.25) is 0 Å². The molecule has 0 saturated heterocycles. The van der Waals surface area contributed by atoms with Gasteiger partial charge in [0, 0.05) is 30.9 Å². The summed E-state index contributed by atoms with van der Waals surface area (Å²) in [5.41, 5.74) is 4.98. The van der Waals surface area contributed by atoms with Crippen LogP contribution in [0.25, 0.3) is 16.8 Å². The first kappa shape index (κ1) is 16.0. The average molecular weight is 337 g/mol. The minimum Gasteiger partial charge on any atom is -0.355 e. The van der Waals surface area contributed by atoms with Gasteiger partial charge in [-0.1, -0.05) is 6.07 Å². The lowest BCUT2D eigenvalue weighted by Crippen LogP contribution is -2.37. The number of hydrogen-bond acceptors (Lipinski definition) is 4. The molecule has 3 aromatic heterocycles. The van der Waals surface area contributed by atoms with Gasteiger partial charge in [0.2, 0.25) is 5.91 Å². The monoisotopic (exact) mass is 337 g/mol. The van der Waals surface area contributed by atoms with E-state index in [-0.39, 0.29) is 11.8 Å². The standard InChI is InChI=1S/C19H23N5O/c1-23(2)10-8-20-19(25)13-6-7-15-14(11-13)12-16-18(22-15)24-9-4-3-5-17(24)21-16/h3-5,9,12-13H,6-8,10-11H2,1-2H3,(H,20,25). The largest absolute Gasteiger partial charge is 0.355 e. The molecule has 1 amide bonds. The number of imidazole rings is 1. The second kappa shape index (κ2) is 6.44. The summed E-state index contributed by atoms with van der Waals surface area (Å²) in [5, 5.41) is 3.05. The number of aryl methyl sites for hydroxylation is 1. The molecule has 1 aliphatic rings. The summed E-state index contributed by atoms with van der Waals surface area (Å²) in [5.74, 6) is 0.188. The topological polar surface area (TPSA) is 62.5 Å². The molecule has 1 aliphatic carbocycles. The van der Waals surface area contributed by atoms with E-state index in [1.807, 2.05) is 42.9 Å². The fourth-order valence-electron chi connectivity index (χ4n) is 3.50. The molecule has 130 valence electrons. The zero-order chi connectivity index (χ0) is 17.4. The van der Waals surface area contributed by atoms with Crippen LogP contribution in [0.3, 0.4) is 0 Å². The Morgan fingerprint density at radius 3 is 3.08 bits per heavy atom. The van der Waals surface area contributed by atoms with E-state index in [9.17, 15) is 4.79 Å². The number of aromatic nitrogens is 3. The van der Waals surface area contributed by atoms with E-state index in [4.69, 9.17) is 4.98 Å². The molecule has 4 rings (SSSR count). The van der Waals surface area contributed by atoms with E-state index < -0.39 is 0 Å². The summed E-state index contributed by atoms with van der Waals surface area (Å²) in [6.07, 6.45) is 4.45. The number of amides is 1. The van der Waals surface area contributed by atoms with Crippen molar-refractivity contribution in [1.29, 1.82) is 0 Å². The maximum atomic E-state index is 12.4. The molecule has 0 radical (unpaired) electrons. The van der Waals surface area contributed by atoms with E-state index in [0.29, 0.717) is 6.54 Å². The van der Waals surface area contributed by atoms with Crippen molar-refractivity contribution >= 4 is 22.7 Å². The lowest BCUT2D eigenvalue weighted by molar-refractivity contribution is -0.125. The smallest absolute Gasteiger partial charge is 0.223 e. The van der Waals surface area contributed by atoms with E-state index >= 15 is 0 Å². The highest BCUT2D eigenvalue weighted by atomic mass is 16.1. The molecule has 6 nitrogen and oxygen atoms in total. The number of carbonyl (C=O) groups is 1. The van der Waals surface area contributed by atoms with Gasteiger partial charge in [-0.2, -0.15) is 0 Å². The van der Waals surface area contributed by atoms with Crippen molar-refractivity contribution in [2.24, 2.45) is 5.92 Å². The fourth-order valence-corrected chi connectivity index (χ4v) is 3.50. The second-order valence-corrected chi connectivity index (χ2v) is 7.01. The molecule has 25 heavy (non-hydrogen) atoms. The van der Waals surface area contributed by atoms with Crippen molar-refractivity contribution in [2.75, 3.05) is 27.2 Å². The molecule has 1 unspecified atom stereocenters. The van der Waals surface area contributed by atoms with Gasteiger partial charge in [0.25, 0.3) is 0 Å². The van der Waals surface area contributed by atoms with Crippen molar-refractivity contribution in [1.82, 2.24) is 24.6 Å². The maximum absolute atomic E-state index is 12.4. The minimum absolute atomic E-state index is 0.0333. The Bertz CT molecular complexity index is 930. The number of nitrogens with one attached hydrogen (secondary N) is 1. The number of pyridine rings is 2. The maximum Gasteiger partial charge on any atom is 0.223 e. The Morgan fingerprint density at radius 1 is 1.36 bits per heavy atom. The third kappa shape index (κ3) is 3.09. The van der Waals surface area contributed by atoms with Gasteiger partial charge in [-0.05, 0) is 57.1 Å². The van der Waals surface area contributed by atoms with Crippen LogP contribution in [0.4, 0.5) is 0 Å². The summed E-state index contributed by atoms with van der Waals surface area (Å²) in [7, 11) is 4.02. The van der Waals surface area contributed by atoms with Crippen molar-refractivity contribution in [3.63, 3.8) is 0 Å². The van der Waals surface area contributed by atoms with Crippen LogP contribution in [-0.2, 0) is 17.6 Å². The molecule has 3 aromatic rings. The number of likely N-dealkylation sites (N-methyl/N-ethyl adjacent to an activating group) is 1. The Labute approximate surface area is 146 Å². The van der Waals surface area contributed by atoms with Crippen molar-refractivity contribution in [3.05, 3.63) is 41.7 Å². The van der Waals surface area contributed by atoms with Crippen molar-refractivity contribution < 1.29 is 4.79 Å². The Kier molecular flexibility index (Phi) is 4.13. The van der Waals surface area contributed by atoms with Gasteiger partial charge in [0.15, 0.2) is 5.65 Å². The molecule has 0 aromatic carbocycles. The molecule has 3 heterocycles. The highest BCUT2D eigenvalue weighted by molar-refractivity contribution is 5.81. The summed E-state index contributed by atoms with van der Waals surface area (Å²) in [6, 6.07) is 8.07. The highest BCUT2D eigenvalue weighted by Gasteiger charge is 2.26. The SMILES string of the molecule is CN(C)CCNC(=O)C1CCc2nc3c(cc2C1)nc1ccccn13. The lowest BCUT2D eigenvalue weighted by atomic mass is 9.86. The molecular weight excluding hydrogens is 314 g/mol. The summed E-state index contributed by atoms with van der Waals surface area (Å²) in [6.45, 7) is 1.55. The summed E-state index contributed by atoms with van der Waals surface area (Å²) in [4.78, 5) is 24.0. The van der Waals surface area contributed by atoms with Gasteiger partial charge in [0.1, 0.15) is 11.2 Å². The summed E-state index contributed by atoms with van der Waals surface area (Å²) < 4.78 is 2.02. The van der Waals surface area contributed by atoms with E-state index in [1.165, 1.54) is 0 Å². The van der Waals surface area contributed by atoms with Gasteiger partial charge in [-0.15, -0.1) is 0 Å². The fraction of sp³-hybridized carbons (Fsp3) is 0.421. The number of fused-ring (bicyclic) bond motifs is 4. The Balaban J connectivity index is 1.56. The zero-order valence-corrected chi connectivity index (χ0v) is 14.7. The van der Waals surface area contributed by atoms with E-state index in [1.54, 1.807) is 0 Å². The predicted octanol–water partition coefficient (Wildman–Crippen LogP) is 1.67. The van der Waals surface area contributed by atoms with Crippen LogP contribution in [0.15, 0.2) is 30.5 Å². The predicted molar refractivity (Wildman–Crippen MR) is 97.6 cm³/mol. The molecule has 1 N–H and O–H groups in total. The van der Waals surface area contributed by atoms with Gasteiger partial charge in [-0.25, -0.2) is 9.97 Å². The van der Waals surface area contributed by atoms with Crippen LogP contribution in [0.1, 0.15) is 17.7 Å². The Hall–Kier alpha value is -2.47. The van der Waals surface area contributed by atoms with Crippen molar-refractivity contribution in [2.45, 2.75) is 19.3 Å². The van der Waals surface area contributed by atoms with Gasteiger partial charge in [0.05, 0.1) is 0 Å². The first-order valence-electron chi connectivity index (χ1n) is 8.80. The molecule has 0 aliphatic heterocycles. The molecule has 0 saturated carbocycles. The van der Waals surface area contributed by atoms with Crippen LogP contribution < -0.4 is 5.32 Å². The van der Waals surface area contributed by atoms with Crippen LogP contribution in [-0.4, -0.2) is 52.4 Å². The quantitative estimate of drug-likeness (QED) is 0.787. The molecule has 0 fully saturated rings. The van der Waals surface area contributed by atoms with Gasteiger partial charge < -0.3 is 10.2 Å². The minimum atomic E-state index is 0.0333. The second-order valence-electron chi connectivity index (χ2n) is 7.01. The van der Waals surface area contributed by atoms with E-state index in [0.717, 1.165) is 53.9 Å². The number of carbonyl (C=O) groups excluding carboxylic acids is 1. The third-order valence-electron chi connectivity index (χ3n) is 4.88. The average Bonchev–Trinajstić information content (AvgIpc) is 2.96. The van der Waals surface area contributed by atoms with Crippen LogP contribution >= 0.6 is 0 Å². The normalized spacial score (nSPS) is 17.2. The van der Waals surface area contributed by atoms with Gasteiger partial charge >= 0.3 is 0 Å².